The second-order valence-corrected chi connectivity index (χ2v) is 4.03. The molecule has 0 amide bonds. The molecule has 1 N–H and O–H groups in total. The Balaban J connectivity index is 2.59. The molecule has 58 valence electrons. The summed E-state index contributed by atoms with van der Waals surface area (Å²) in [5.74, 6) is 0. The van der Waals surface area contributed by atoms with Gasteiger partial charge in [-0.3, -0.25) is 4.55 Å². The number of aryl methyl sites for hydroxylation is 1. The molecule has 0 aromatic rings. The van der Waals surface area contributed by atoms with Crippen LogP contribution in [-0.2, 0) is 10.1 Å². The van der Waals surface area contributed by atoms with Crippen molar-refractivity contribution in [3.05, 3.63) is 17.7 Å². The van der Waals surface area contributed by atoms with Crippen molar-refractivity contribution in [3.63, 3.8) is 0 Å². The summed E-state index contributed by atoms with van der Waals surface area (Å²) >= 11 is 0. The summed E-state index contributed by atoms with van der Waals surface area (Å²) in [4.78, 5) is 0.0538. The minimum absolute atomic E-state index is 0.0538. The molecule has 0 unspecified atom stereocenters. The first-order chi connectivity index (χ1) is 5.00. The summed E-state index contributed by atoms with van der Waals surface area (Å²) in [7, 11) is -3.96. The van der Waals surface area contributed by atoms with Crippen molar-refractivity contribution >= 4 is 10.1 Å². The predicted octanol–water partition coefficient (Wildman–Crippen LogP) is 1.22. The third-order valence-corrected chi connectivity index (χ3v) is 2.79. The number of benzene rings is 1. The van der Waals surface area contributed by atoms with Gasteiger partial charge in [-0.05, 0) is 30.2 Å². The van der Waals surface area contributed by atoms with E-state index in [2.05, 4.69) is 0 Å². The fourth-order valence-electron chi connectivity index (χ4n) is 1.25. The van der Waals surface area contributed by atoms with Crippen LogP contribution in [0.4, 0.5) is 0 Å². The van der Waals surface area contributed by atoms with Crippen LogP contribution in [0.5, 0.6) is 0 Å². The highest BCUT2D eigenvalue weighted by Crippen LogP contribution is 2.43. The van der Waals surface area contributed by atoms with Gasteiger partial charge in [0.25, 0.3) is 10.1 Å². The molecule has 0 radical (unpaired) electrons. The van der Waals surface area contributed by atoms with Crippen LogP contribution in [0.15, 0.2) is 17.0 Å². The van der Waals surface area contributed by atoms with E-state index in [1.165, 1.54) is 6.07 Å². The van der Waals surface area contributed by atoms with Gasteiger partial charge in [-0.1, -0.05) is 0 Å². The number of hydrogen-bond acceptors (Lipinski definition) is 2. The second-order valence-electron chi connectivity index (χ2n) is 2.64. The normalized spacial score (nSPS) is 13.3. The molecule has 0 aromatic heterocycles. The molecular formula is C7H6O3S. The van der Waals surface area contributed by atoms with Gasteiger partial charge in [0.2, 0.25) is 0 Å². The smallest absolute Gasteiger partial charge is 0.282 e. The minimum atomic E-state index is -3.96. The molecule has 0 fully saturated rings. The topological polar surface area (TPSA) is 54.4 Å². The van der Waals surface area contributed by atoms with E-state index in [1.807, 2.05) is 6.92 Å². The summed E-state index contributed by atoms with van der Waals surface area (Å²) in [6.07, 6.45) is 0. The van der Waals surface area contributed by atoms with Crippen LogP contribution in [0.2, 0.25) is 0 Å². The number of fused-ring (bicyclic) bond motifs is 1. The van der Waals surface area contributed by atoms with Crippen molar-refractivity contribution in [1.82, 2.24) is 0 Å². The van der Waals surface area contributed by atoms with E-state index < -0.39 is 10.1 Å². The van der Waals surface area contributed by atoms with E-state index in [9.17, 15) is 8.42 Å². The fraction of sp³-hybridized carbons (Fsp3) is 0.143. The lowest BCUT2D eigenvalue weighted by Crippen LogP contribution is -2.09. The van der Waals surface area contributed by atoms with Gasteiger partial charge in [0, 0.05) is 5.56 Å². The quantitative estimate of drug-likeness (QED) is 0.655. The molecule has 0 atom stereocenters. The summed E-state index contributed by atoms with van der Waals surface area (Å²) in [5.41, 5.74) is 2.70. The van der Waals surface area contributed by atoms with Gasteiger partial charge in [-0.25, -0.2) is 0 Å². The Morgan fingerprint density at radius 2 is 1.91 bits per heavy atom. The van der Waals surface area contributed by atoms with E-state index in [0.717, 1.165) is 11.1 Å². The van der Waals surface area contributed by atoms with Crippen molar-refractivity contribution < 1.29 is 13.0 Å². The van der Waals surface area contributed by atoms with Crippen LogP contribution in [0.25, 0.3) is 11.1 Å². The molecule has 0 saturated carbocycles. The molecule has 0 bridgehead atoms. The Labute approximate surface area is 64.4 Å². The Hall–Kier alpha value is -0.870. The van der Waals surface area contributed by atoms with E-state index in [4.69, 9.17) is 4.55 Å². The van der Waals surface area contributed by atoms with Gasteiger partial charge in [-0.2, -0.15) is 8.42 Å². The fourth-order valence-corrected chi connectivity index (χ4v) is 1.96. The Morgan fingerprint density at radius 3 is 2.18 bits per heavy atom. The molecule has 11 heavy (non-hydrogen) atoms. The highest BCUT2D eigenvalue weighted by Gasteiger charge is 2.27. The summed E-state index contributed by atoms with van der Waals surface area (Å²) < 4.78 is 29.7. The van der Waals surface area contributed by atoms with Crippen LogP contribution in [-0.4, -0.2) is 13.0 Å². The van der Waals surface area contributed by atoms with Gasteiger partial charge in [-0.15, -0.1) is 0 Å². The molecule has 0 saturated heterocycles. The molecule has 2 aliphatic rings. The molecule has 3 nitrogen and oxygen atoms in total. The van der Waals surface area contributed by atoms with E-state index in [1.54, 1.807) is 6.07 Å². The monoisotopic (exact) mass is 170 g/mol. The molecule has 4 heteroatoms. The van der Waals surface area contributed by atoms with E-state index >= 15 is 0 Å². The first-order valence-corrected chi connectivity index (χ1v) is 4.56. The van der Waals surface area contributed by atoms with Crippen LogP contribution in [0.1, 0.15) is 5.56 Å². The first kappa shape index (κ1) is 6.82. The van der Waals surface area contributed by atoms with Crippen LogP contribution in [0.3, 0.4) is 0 Å². The third-order valence-electron chi connectivity index (χ3n) is 1.89. The second kappa shape index (κ2) is 1.65. The van der Waals surface area contributed by atoms with E-state index in [-0.39, 0.29) is 4.90 Å². The largest absolute Gasteiger partial charge is 0.295 e. The zero-order valence-electron chi connectivity index (χ0n) is 5.83. The average Bonchev–Trinajstić information content (AvgIpc) is 1.79. The molecule has 0 aromatic carbocycles. The van der Waals surface area contributed by atoms with Crippen molar-refractivity contribution in [1.29, 1.82) is 0 Å². The van der Waals surface area contributed by atoms with Crippen molar-refractivity contribution in [2.45, 2.75) is 11.8 Å². The standard InChI is InChI=1S/C7H6O3S/c1-4-2-6-5(4)3-7(6)11(8,9)10/h2-3H,1H3,(H,8,9,10). The maximum absolute atomic E-state index is 10.5. The Morgan fingerprint density at radius 1 is 1.27 bits per heavy atom. The van der Waals surface area contributed by atoms with E-state index in [0.29, 0.717) is 5.56 Å². The Kier molecular flexibility index (Phi) is 1.02. The average molecular weight is 170 g/mol. The molecule has 0 heterocycles. The van der Waals surface area contributed by atoms with Gasteiger partial charge in [0.05, 0.1) is 0 Å². The molecule has 2 aliphatic carbocycles. The predicted molar refractivity (Wildman–Crippen MR) is 40.0 cm³/mol. The summed E-state index contributed by atoms with van der Waals surface area (Å²) in [6.45, 7) is 1.90. The molecule has 0 aliphatic heterocycles. The molecular weight excluding hydrogens is 164 g/mol. The van der Waals surface area contributed by atoms with Crippen molar-refractivity contribution in [2.24, 2.45) is 0 Å². The molecule has 0 spiro atoms. The lowest BCUT2D eigenvalue weighted by molar-refractivity contribution is 0.482. The van der Waals surface area contributed by atoms with Crippen LogP contribution < -0.4 is 0 Å². The zero-order valence-corrected chi connectivity index (χ0v) is 6.64. The van der Waals surface area contributed by atoms with Gasteiger partial charge < -0.3 is 0 Å². The lowest BCUT2D eigenvalue weighted by atomic mass is 9.87. The SMILES string of the molecule is Cc1cc2c(S(=O)(=O)O)cc1-2. The lowest BCUT2D eigenvalue weighted by Gasteiger charge is -2.22. The maximum Gasteiger partial charge on any atom is 0.295 e. The first-order valence-electron chi connectivity index (χ1n) is 3.12. The summed E-state index contributed by atoms with van der Waals surface area (Å²) in [6, 6.07) is 3.23. The Bertz CT molecular complexity index is 431. The highest BCUT2D eigenvalue weighted by atomic mass is 32.2. The third kappa shape index (κ3) is 0.735. The minimum Gasteiger partial charge on any atom is -0.282 e. The molecule has 2 rings (SSSR count). The van der Waals surface area contributed by atoms with Gasteiger partial charge in [0.15, 0.2) is 0 Å². The van der Waals surface area contributed by atoms with Gasteiger partial charge >= 0.3 is 0 Å². The maximum atomic E-state index is 10.5. The van der Waals surface area contributed by atoms with Gasteiger partial charge in [0.1, 0.15) is 4.90 Å². The van der Waals surface area contributed by atoms with Crippen LogP contribution in [0, 0.1) is 6.92 Å². The zero-order chi connectivity index (χ0) is 8.22. The summed E-state index contributed by atoms with van der Waals surface area (Å²) in [5, 5.41) is 0. The number of hydrogen-bond donors (Lipinski definition) is 1. The van der Waals surface area contributed by atoms with Crippen LogP contribution >= 0.6 is 0 Å². The van der Waals surface area contributed by atoms with Crippen molar-refractivity contribution in [3.8, 4) is 11.1 Å². The van der Waals surface area contributed by atoms with Crippen molar-refractivity contribution in [2.75, 3.05) is 0 Å². The number of rotatable bonds is 1. The highest BCUT2D eigenvalue weighted by molar-refractivity contribution is 7.86.